The van der Waals surface area contributed by atoms with E-state index in [1.807, 2.05) is 0 Å². The van der Waals surface area contributed by atoms with Crippen LogP contribution < -0.4 is 18.9 Å². The van der Waals surface area contributed by atoms with E-state index in [2.05, 4.69) is 4.84 Å². The fourth-order valence-corrected chi connectivity index (χ4v) is 2.43. The maximum atomic E-state index is 13.2. The van der Waals surface area contributed by atoms with Gasteiger partial charge in [-0.15, -0.1) is 0 Å². The number of hydrogen-bond acceptors (Lipinski definition) is 5. The largest absolute Gasteiger partial charge is 1.00 e. The number of nitriles is 1. The topological polar surface area (TPSA) is 114 Å². The molecule has 2 aliphatic heterocycles. The van der Waals surface area contributed by atoms with E-state index < -0.39 is 36.3 Å². The van der Waals surface area contributed by atoms with E-state index in [-0.39, 0.29) is 26.8 Å². The van der Waals surface area contributed by atoms with Crippen molar-refractivity contribution in [1.29, 1.82) is 5.26 Å². The maximum absolute atomic E-state index is 13.2. The Hall–Kier alpha value is -2.07. The van der Waals surface area contributed by atoms with Gasteiger partial charge in [0.05, 0.1) is 12.6 Å². The molecule has 0 saturated carbocycles. The van der Waals surface area contributed by atoms with Crippen molar-refractivity contribution in [3.63, 3.8) is 0 Å². The Morgan fingerprint density at radius 3 is 2.78 bits per heavy atom. The molecule has 3 amide bonds. The van der Waals surface area contributed by atoms with E-state index in [1.165, 1.54) is 13.1 Å². The molecule has 23 heavy (non-hydrogen) atoms. The van der Waals surface area contributed by atoms with Gasteiger partial charge in [-0.1, -0.05) is 6.08 Å². The number of rotatable bonds is 4. The molecule has 120 valence electrons. The fourth-order valence-electron chi connectivity index (χ4n) is 2.43. The molecule has 0 aromatic heterocycles. The number of amides is 3. The van der Waals surface area contributed by atoms with Crippen LogP contribution in [0.4, 0.5) is 9.18 Å². The molecule has 2 bridgehead atoms. The van der Waals surface area contributed by atoms with Gasteiger partial charge in [0.2, 0.25) is 0 Å². The molecule has 2 heterocycles. The molecule has 0 aromatic carbocycles. The van der Waals surface area contributed by atoms with Crippen LogP contribution in [0.25, 0.3) is 0 Å². The first-order chi connectivity index (χ1) is 10.3. The molecule has 2 aliphatic rings. The number of hydroxylamine groups is 2. The van der Waals surface area contributed by atoms with Crippen molar-refractivity contribution in [2.24, 2.45) is 0 Å². The summed E-state index contributed by atoms with van der Waals surface area (Å²) in [5.41, 5.74) is 0.494. The van der Waals surface area contributed by atoms with Gasteiger partial charge in [0.15, 0.2) is 6.19 Å². The van der Waals surface area contributed by atoms with E-state index in [9.17, 15) is 18.8 Å². The van der Waals surface area contributed by atoms with Crippen LogP contribution in [0.2, 0.25) is 0 Å². The second kappa shape index (κ2) is 7.00. The summed E-state index contributed by atoms with van der Waals surface area (Å²) in [5.74, 6) is -2.47. The molecule has 0 aromatic rings. The summed E-state index contributed by atoms with van der Waals surface area (Å²) in [4.78, 5) is 41.2. The zero-order valence-corrected chi connectivity index (χ0v) is 12.8. The van der Waals surface area contributed by atoms with Gasteiger partial charge in [0.1, 0.15) is 6.04 Å². The normalized spacial score (nSPS) is 23.6. The molecule has 0 unspecified atom stereocenters. The van der Waals surface area contributed by atoms with Crippen LogP contribution in [-0.2, 0) is 14.4 Å². The van der Waals surface area contributed by atoms with E-state index in [4.69, 9.17) is 10.4 Å². The second-order valence-electron chi connectivity index (χ2n) is 4.90. The second-order valence-corrected chi connectivity index (χ2v) is 4.90. The van der Waals surface area contributed by atoms with Crippen LogP contribution in [0.5, 0.6) is 0 Å². The molecule has 9 nitrogen and oxygen atoms in total. The van der Waals surface area contributed by atoms with Crippen molar-refractivity contribution in [2.45, 2.75) is 25.4 Å². The summed E-state index contributed by atoms with van der Waals surface area (Å²) in [7, 11) is 1.26. The number of urea groups is 1. The number of carboxylic acid groups (broad SMARTS) is 1. The molecular weight excluding hydrogens is 306 g/mol. The van der Waals surface area contributed by atoms with Gasteiger partial charge in [-0.3, -0.25) is 9.69 Å². The first kappa shape index (κ1) is 19.0. The van der Waals surface area contributed by atoms with Gasteiger partial charge in [0.25, 0.3) is 5.91 Å². The van der Waals surface area contributed by atoms with Gasteiger partial charge in [-0.2, -0.15) is 10.3 Å². The number of halogens is 1. The Morgan fingerprint density at radius 1 is 1.65 bits per heavy atom. The standard InChI is InChI=1S/C12H13FN4O5.Li.H/c1-6-3-7-4-16(8(6)10(18)15(2)5-14)12(21)17(7)22-9(13)11(19)20;;/h3,7-9H,4H2,1-2H3,(H,19,20);;/q;+1;-1/t7-,8+,9-;;/m1../s1. The summed E-state index contributed by atoms with van der Waals surface area (Å²) in [6.07, 6.45) is 0.482. The van der Waals surface area contributed by atoms with Gasteiger partial charge in [-0.05, 0) is 12.5 Å². The molecule has 2 rings (SSSR count). The van der Waals surface area contributed by atoms with Crippen molar-refractivity contribution in [1.82, 2.24) is 14.9 Å². The number of carboxylic acids is 1. The zero-order valence-electron chi connectivity index (χ0n) is 13.8. The first-order valence-electron chi connectivity index (χ1n) is 6.27. The van der Waals surface area contributed by atoms with Crippen molar-refractivity contribution < 1.29 is 49.0 Å². The Labute approximate surface area is 144 Å². The van der Waals surface area contributed by atoms with Crippen molar-refractivity contribution in [2.75, 3.05) is 13.6 Å². The number of fused-ring (bicyclic) bond motifs is 2. The van der Waals surface area contributed by atoms with Crippen LogP contribution in [0.15, 0.2) is 11.6 Å². The van der Waals surface area contributed by atoms with Crippen molar-refractivity contribution in [3.05, 3.63) is 11.6 Å². The van der Waals surface area contributed by atoms with Gasteiger partial charge < -0.3 is 11.4 Å². The molecule has 3 atom stereocenters. The monoisotopic (exact) mass is 320 g/mol. The van der Waals surface area contributed by atoms with Crippen LogP contribution in [0.3, 0.4) is 0 Å². The van der Waals surface area contributed by atoms with E-state index in [0.717, 1.165) is 9.80 Å². The van der Waals surface area contributed by atoms with Crippen molar-refractivity contribution in [3.8, 4) is 6.19 Å². The fraction of sp³-hybridized carbons (Fsp3) is 0.500. The van der Waals surface area contributed by atoms with Crippen LogP contribution in [-0.4, -0.2) is 69.9 Å². The average molecular weight is 320 g/mol. The average Bonchev–Trinajstić information content (AvgIpc) is 2.71. The number of carbonyl (C=O) groups is 3. The quantitative estimate of drug-likeness (QED) is 0.252. The molecule has 1 saturated heterocycles. The van der Waals surface area contributed by atoms with Gasteiger partial charge >= 0.3 is 37.2 Å². The molecule has 0 aliphatic carbocycles. The number of hydrogen-bond donors (Lipinski definition) is 1. The molecule has 11 heteroatoms. The smallest absolute Gasteiger partial charge is 1.00 e. The Balaban J connectivity index is 0.00000264. The zero-order chi connectivity index (χ0) is 16.6. The van der Waals surface area contributed by atoms with Gasteiger partial charge in [-0.25, -0.2) is 18.8 Å². The summed E-state index contributed by atoms with van der Waals surface area (Å²) in [6.45, 7) is 1.63. The minimum absolute atomic E-state index is 0. The first-order valence-corrected chi connectivity index (χ1v) is 6.27. The molecule has 1 N–H and O–H groups in total. The number of likely N-dealkylation sites (N-methyl/N-ethyl adjacent to an activating group) is 1. The van der Waals surface area contributed by atoms with E-state index in [1.54, 1.807) is 13.1 Å². The Kier molecular flexibility index (Phi) is 5.78. The number of nitrogens with zero attached hydrogens (tertiary/aromatic N) is 4. The summed E-state index contributed by atoms with van der Waals surface area (Å²) in [5, 5.41) is 17.9. The predicted molar refractivity (Wildman–Crippen MR) is 68.4 cm³/mol. The third kappa shape index (κ3) is 3.32. The van der Waals surface area contributed by atoms with E-state index >= 15 is 0 Å². The molecular formula is C12H14FLiN4O5. The van der Waals surface area contributed by atoms with Gasteiger partial charge in [0, 0.05) is 7.05 Å². The summed E-state index contributed by atoms with van der Waals surface area (Å²) < 4.78 is 13.2. The third-order valence-corrected chi connectivity index (χ3v) is 3.43. The Morgan fingerprint density at radius 2 is 2.26 bits per heavy atom. The van der Waals surface area contributed by atoms with Crippen LogP contribution in [0.1, 0.15) is 8.35 Å². The summed E-state index contributed by atoms with van der Waals surface area (Å²) >= 11 is 0. The van der Waals surface area contributed by atoms with Crippen molar-refractivity contribution >= 4 is 17.9 Å². The molecule has 0 radical (unpaired) electrons. The minimum Gasteiger partial charge on any atom is -1.00 e. The minimum atomic E-state index is -2.69. The van der Waals surface area contributed by atoms with E-state index in [0.29, 0.717) is 10.6 Å². The predicted octanol–water partition coefficient (Wildman–Crippen LogP) is -3.21. The molecule has 0 spiro atoms. The third-order valence-electron chi connectivity index (χ3n) is 3.43. The SMILES string of the molecule is CC1=C[C@@H]2CN(C(=O)N2O[C@@H](F)C(=O)O)[C@@H]1C(=O)N(C)C#N.[H-].[Li+]. The summed E-state index contributed by atoms with van der Waals surface area (Å²) in [6, 6.07) is -2.52. The van der Waals surface area contributed by atoms with Crippen LogP contribution in [0, 0.1) is 11.5 Å². The van der Waals surface area contributed by atoms with Crippen LogP contribution >= 0.6 is 0 Å². The molecule has 1 fully saturated rings. The number of alkyl halides is 1. The number of aliphatic carboxylic acids is 1. The Bertz CT molecular complexity index is 613. The maximum Gasteiger partial charge on any atom is 1.00 e. The number of carbonyl (C=O) groups excluding carboxylic acids is 2.